The van der Waals surface area contributed by atoms with Crippen molar-refractivity contribution in [3.63, 3.8) is 0 Å². The summed E-state index contributed by atoms with van der Waals surface area (Å²) in [5.41, 5.74) is 0. The molecule has 54 valence electrons. The number of carboxylic acid groups (broad SMARTS) is 1. The second kappa shape index (κ2) is 8.69. The first-order valence-electron chi connectivity index (χ1n) is 1.70. The summed E-state index contributed by atoms with van der Waals surface area (Å²) in [5, 5.41) is 7.59. The molecule has 0 saturated heterocycles. The first-order chi connectivity index (χ1) is 4.00. The van der Waals surface area contributed by atoms with Crippen molar-refractivity contribution < 1.29 is 9.90 Å². The van der Waals surface area contributed by atoms with Gasteiger partial charge in [-0.15, -0.1) is 11.6 Å². The molecule has 0 aliphatic rings. The topological polar surface area (TPSA) is 37.3 Å². The molecular weight excluding hydrogens is 209 g/mol. The van der Waals surface area contributed by atoms with Crippen LogP contribution in [0.25, 0.3) is 0 Å². The van der Waals surface area contributed by atoms with Crippen molar-refractivity contribution in [2.45, 2.75) is 0 Å². The van der Waals surface area contributed by atoms with Crippen LogP contribution >= 0.6 is 46.0 Å². The van der Waals surface area contributed by atoms with E-state index >= 15 is 0 Å². The van der Waals surface area contributed by atoms with Crippen LogP contribution in [-0.2, 0) is 4.79 Å². The monoisotopic (exact) mass is 210 g/mol. The van der Waals surface area contributed by atoms with Crippen molar-refractivity contribution in [1.82, 2.24) is 0 Å². The van der Waals surface area contributed by atoms with Crippen LogP contribution in [0.5, 0.6) is 0 Å². The molecule has 0 heterocycles. The molecule has 0 saturated carbocycles. The van der Waals surface area contributed by atoms with Crippen LogP contribution in [0.2, 0.25) is 0 Å². The number of alkyl halides is 1. The summed E-state index contributed by atoms with van der Waals surface area (Å²) in [5.74, 6) is -1.29. The lowest BCUT2D eigenvalue weighted by Crippen LogP contribution is -1.92. The van der Waals surface area contributed by atoms with Crippen molar-refractivity contribution in [3.05, 3.63) is 0 Å². The minimum atomic E-state index is -0.980. The van der Waals surface area contributed by atoms with Crippen LogP contribution in [0.15, 0.2) is 0 Å². The van der Waals surface area contributed by atoms with E-state index < -0.39 is 10.9 Å². The molecule has 0 fully saturated rings. The maximum absolute atomic E-state index is 9.24. The fraction of sp³-hybridized carbons (Fsp3) is 0.500. The summed E-state index contributed by atoms with van der Waals surface area (Å²) in [6.45, 7) is 0. The molecule has 0 amide bonds. The summed E-state index contributed by atoms with van der Waals surface area (Å²) in [6.07, 6.45) is 0. The Morgan fingerprint density at radius 1 is 1.44 bits per heavy atom. The maximum Gasteiger partial charge on any atom is 0.450 e. The van der Waals surface area contributed by atoms with E-state index in [1.165, 1.54) is 0 Å². The highest BCUT2D eigenvalue weighted by Gasteiger charge is 1.91. The molecule has 0 aliphatic heterocycles. The predicted octanol–water partition coefficient (Wildman–Crippen LogP) is 2.00. The summed E-state index contributed by atoms with van der Waals surface area (Å²) < 4.78 is 0. The van der Waals surface area contributed by atoms with Gasteiger partial charge < -0.3 is 5.11 Å². The number of hydrogen-bond donors (Lipinski definition) is 1. The van der Waals surface area contributed by atoms with Crippen LogP contribution in [0.4, 0.5) is 0 Å². The molecule has 0 aliphatic carbocycles. The van der Waals surface area contributed by atoms with Crippen LogP contribution < -0.4 is 0 Å². The average molecular weight is 212 g/mol. The van der Waals surface area contributed by atoms with Crippen LogP contribution in [0.3, 0.4) is 0 Å². The molecular formula is C2H3BCl4O2. The minimum absolute atomic E-state index is 0.306. The molecule has 2 nitrogen and oxygen atoms in total. The molecule has 9 heavy (non-hydrogen) atoms. The third-order valence-corrected chi connectivity index (χ3v) is 0.343. The van der Waals surface area contributed by atoms with Crippen molar-refractivity contribution in [2.24, 2.45) is 0 Å². The van der Waals surface area contributed by atoms with E-state index in [-0.39, 0.29) is 5.88 Å². The normalized spacial score (nSPS) is 7.11. The Morgan fingerprint density at radius 3 is 1.56 bits per heavy atom. The Kier molecular flexibility index (Phi) is 12.0. The second-order valence-corrected chi connectivity index (χ2v) is 3.02. The molecule has 0 aromatic carbocycles. The smallest absolute Gasteiger partial charge is 0.450 e. The maximum atomic E-state index is 9.24. The number of aliphatic carboxylic acids is 1. The lowest BCUT2D eigenvalue weighted by molar-refractivity contribution is -0.134. The van der Waals surface area contributed by atoms with Crippen LogP contribution in [-0.4, -0.2) is 21.9 Å². The van der Waals surface area contributed by atoms with E-state index in [1.54, 1.807) is 0 Å². The van der Waals surface area contributed by atoms with E-state index in [1.807, 2.05) is 0 Å². The third kappa shape index (κ3) is 53.7. The third-order valence-electron chi connectivity index (χ3n) is 0.114. The van der Waals surface area contributed by atoms with Gasteiger partial charge >= 0.3 is 10.9 Å². The van der Waals surface area contributed by atoms with Crippen LogP contribution in [0.1, 0.15) is 0 Å². The molecule has 0 radical (unpaired) electrons. The molecule has 1 N–H and O–H groups in total. The minimum Gasteiger partial charge on any atom is -0.480 e. The number of rotatable bonds is 1. The molecule has 0 atom stereocenters. The van der Waals surface area contributed by atoms with Gasteiger partial charge in [0.2, 0.25) is 0 Å². The fourth-order valence-electron chi connectivity index (χ4n) is 0. The van der Waals surface area contributed by atoms with Gasteiger partial charge in [-0.3, -0.25) is 4.79 Å². The van der Waals surface area contributed by atoms with Gasteiger partial charge in [0.05, 0.1) is 0 Å². The van der Waals surface area contributed by atoms with Crippen LogP contribution in [0, 0.1) is 0 Å². The first kappa shape index (κ1) is 12.4. The zero-order valence-electron chi connectivity index (χ0n) is 4.15. The number of hydrogen-bond acceptors (Lipinski definition) is 1. The summed E-state index contributed by atoms with van der Waals surface area (Å²) in [4.78, 5) is 8.49. The average Bonchev–Trinajstić information content (AvgIpc) is 1.65. The molecule has 0 aromatic rings. The Hall–Kier alpha value is 0.695. The number of carboxylic acids is 1. The Balaban J connectivity index is 0. The SMILES string of the molecule is ClB(Cl)Cl.O=C(O)CCl. The van der Waals surface area contributed by atoms with Gasteiger partial charge in [-0.1, -0.05) is 0 Å². The van der Waals surface area contributed by atoms with E-state index in [0.717, 1.165) is 0 Å². The number of halogens is 4. The van der Waals surface area contributed by atoms with Gasteiger partial charge in [-0.25, -0.2) is 0 Å². The Morgan fingerprint density at radius 2 is 1.56 bits per heavy atom. The predicted molar refractivity (Wildman–Crippen MR) is 41.7 cm³/mol. The molecule has 0 rings (SSSR count). The lowest BCUT2D eigenvalue weighted by atomic mass is 10.7. The van der Waals surface area contributed by atoms with E-state index in [2.05, 4.69) is 0 Å². The zero-order valence-corrected chi connectivity index (χ0v) is 7.18. The second-order valence-electron chi connectivity index (χ2n) is 0.775. The van der Waals surface area contributed by atoms with Crippen molar-refractivity contribution in [2.75, 3.05) is 5.88 Å². The fourth-order valence-corrected chi connectivity index (χ4v) is 0. The highest BCUT2D eigenvalue weighted by atomic mass is 35.6. The first-order valence-corrected chi connectivity index (χ1v) is 3.55. The van der Waals surface area contributed by atoms with Gasteiger partial charge in [0.25, 0.3) is 0 Å². The Bertz CT molecular complexity index is 74.2. The van der Waals surface area contributed by atoms with Gasteiger partial charge in [0.1, 0.15) is 5.88 Å². The highest BCUT2D eigenvalue weighted by Crippen LogP contribution is 1.97. The number of carbonyl (C=O) groups is 1. The molecule has 0 unspecified atom stereocenters. The Labute approximate surface area is 72.8 Å². The highest BCUT2D eigenvalue weighted by molar-refractivity contribution is 7.54. The van der Waals surface area contributed by atoms with Gasteiger partial charge in [0.15, 0.2) is 0 Å². The summed E-state index contributed by atoms with van der Waals surface area (Å²) in [6, 6.07) is 0. The molecule has 0 bridgehead atoms. The van der Waals surface area contributed by atoms with E-state index in [4.69, 9.17) is 51.1 Å². The lowest BCUT2D eigenvalue weighted by Gasteiger charge is -1.69. The van der Waals surface area contributed by atoms with Crippen molar-refractivity contribution in [1.29, 1.82) is 0 Å². The van der Waals surface area contributed by atoms with E-state index in [9.17, 15) is 4.79 Å². The van der Waals surface area contributed by atoms with Gasteiger partial charge in [0, 0.05) is 0 Å². The standard InChI is InChI=1S/C2H3ClO2.BCl3/c3-1-2(4)5;2-1(3)4/h1H2,(H,4,5);. The van der Waals surface area contributed by atoms with Crippen molar-refractivity contribution >= 4 is 56.9 Å². The van der Waals surface area contributed by atoms with Crippen molar-refractivity contribution in [3.8, 4) is 0 Å². The van der Waals surface area contributed by atoms with Gasteiger partial charge in [-0.05, 0) is 0 Å². The largest absolute Gasteiger partial charge is 0.480 e. The molecule has 0 aromatic heterocycles. The van der Waals surface area contributed by atoms with Gasteiger partial charge in [-0.2, -0.15) is 34.4 Å². The zero-order chi connectivity index (χ0) is 7.86. The summed E-state index contributed by atoms with van der Waals surface area (Å²) in [7, 11) is 0. The quantitative estimate of drug-likeness (QED) is 0.532. The molecule has 0 spiro atoms. The summed E-state index contributed by atoms with van der Waals surface area (Å²) >= 11 is 19.2. The molecule has 7 heteroatoms. The van der Waals surface area contributed by atoms with E-state index in [0.29, 0.717) is 0 Å².